The molecule has 3 N–H and O–H groups in total. The maximum Gasteiger partial charge on any atom is 0.315 e. The molecule has 2 amide bonds. The molecule has 0 spiro atoms. The van der Waals surface area contributed by atoms with E-state index >= 15 is 0 Å². The number of carbonyl (C=O) groups is 1. The summed E-state index contributed by atoms with van der Waals surface area (Å²) in [4.78, 5) is 12.2. The van der Waals surface area contributed by atoms with Crippen molar-refractivity contribution in [1.82, 2.24) is 10.6 Å². The van der Waals surface area contributed by atoms with E-state index in [-0.39, 0.29) is 30.6 Å². The van der Waals surface area contributed by atoms with Crippen LogP contribution in [0.2, 0.25) is 0 Å². The molecule has 0 heterocycles. The first-order valence-corrected chi connectivity index (χ1v) is 8.50. The number of nitrogens with one attached hydrogen (secondary N) is 2. The Kier molecular flexibility index (Phi) is 4.98. The number of urea groups is 1. The van der Waals surface area contributed by atoms with E-state index in [0.717, 1.165) is 32.1 Å². The molecule has 2 saturated carbocycles. The van der Waals surface area contributed by atoms with Gasteiger partial charge in [0.2, 0.25) is 0 Å². The van der Waals surface area contributed by atoms with Crippen LogP contribution in [0.4, 0.5) is 4.79 Å². The first-order valence-electron chi connectivity index (χ1n) is 8.50. The average molecular weight is 302 g/mol. The quantitative estimate of drug-likeness (QED) is 0.749. The smallest absolute Gasteiger partial charge is 0.315 e. The number of amides is 2. The van der Waals surface area contributed by atoms with Gasteiger partial charge in [-0.25, -0.2) is 4.79 Å². The maximum atomic E-state index is 12.2. The Hall–Kier alpha value is -1.55. The third-order valence-electron chi connectivity index (χ3n) is 5.04. The summed E-state index contributed by atoms with van der Waals surface area (Å²) in [6, 6.07) is 10.6. The van der Waals surface area contributed by atoms with Crippen molar-refractivity contribution in [2.24, 2.45) is 5.92 Å². The molecular formula is C18H26N2O2. The van der Waals surface area contributed by atoms with Gasteiger partial charge in [-0.3, -0.25) is 0 Å². The van der Waals surface area contributed by atoms with E-state index < -0.39 is 0 Å². The molecule has 22 heavy (non-hydrogen) atoms. The summed E-state index contributed by atoms with van der Waals surface area (Å²) >= 11 is 0. The van der Waals surface area contributed by atoms with Crippen molar-refractivity contribution in [3.63, 3.8) is 0 Å². The van der Waals surface area contributed by atoms with E-state index in [2.05, 4.69) is 22.8 Å². The van der Waals surface area contributed by atoms with Gasteiger partial charge in [0.25, 0.3) is 0 Å². The Balaban J connectivity index is 1.48. The SMILES string of the molecule is O=C(NC1CCCCCC1CO)NC1CC1c1ccccc1. The lowest BCUT2D eigenvalue weighted by Crippen LogP contribution is -2.47. The van der Waals surface area contributed by atoms with Gasteiger partial charge in [-0.1, -0.05) is 49.6 Å². The summed E-state index contributed by atoms with van der Waals surface area (Å²) in [6.45, 7) is 0.168. The second-order valence-electron chi connectivity index (χ2n) is 6.66. The zero-order valence-corrected chi connectivity index (χ0v) is 13.0. The van der Waals surface area contributed by atoms with Crippen LogP contribution in [0.15, 0.2) is 30.3 Å². The minimum atomic E-state index is -0.0752. The highest BCUT2D eigenvalue weighted by atomic mass is 16.3. The Morgan fingerprint density at radius 1 is 1.05 bits per heavy atom. The molecule has 3 rings (SSSR count). The number of hydrogen-bond acceptors (Lipinski definition) is 2. The number of aliphatic hydroxyl groups is 1. The number of benzene rings is 1. The highest BCUT2D eigenvalue weighted by molar-refractivity contribution is 5.75. The first kappa shape index (κ1) is 15.3. The molecule has 1 aromatic rings. The van der Waals surface area contributed by atoms with Crippen LogP contribution in [0.1, 0.15) is 50.0 Å². The lowest BCUT2D eigenvalue weighted by atomic mass is 9.96. The molecule has 4 unspecified atom stereocenters. The largest absolute Gasteiger partial charge is 0.396 e. The van der Waals surface area contributed by atoms with Crippen LogP contribution >= 0.6 is 0 Å². The minimum absolute atomic E-state index is 0.0752. The number of aliphatic hydroxyl groups excluding tert-OH is 1. The van der Waals surface area contributed by atoms with Gasteiger partial charge in [0, 0.05) is 30.5 Å². The molecule has 4 atom stereocenters. The lowest BCUT2D eigenvalue weighted by Gasteiger charge is -2.24. The fourth-order valence-corrected chi connectivity index (χ4v) is 3.59. The number of hydrogen-bond donors (Lipinski definition) is 3. The van der Waals surface area contributed by atoms with Crippen LogP contribution in [-0.4, -0.2) is 29.8 Å². The minimum Gasteiger partial charge on any atom is -0.396 e. The number of carbonyl (C=O) groups excluding carboxylic acids is 1. The molecule has 4 nitrogen and oxygen atoms in total. The van der Waals surface area contributed by atoms with Gasteiger partial charge in [-0.15, -0.1) is 0 Å². The molecule has 0 aromatic heterocycles. The molecule has 1 aromatic carbocycles. The Bertz CT molecular complexity index is 491. The summed E-state index contributed by atoms with van der Waals surface area (Å²) in [5.41, 5.74) is 1.30. The van der Waals surface area contributed by atoms with Crippen LogP contribution in [0.5, 0.6) is 0 Å². The van der Waals surface area contributed by atoms with E-state index in [0.29, 0.717) is 5.92 Å². The normalized spacial score (nSPS) is 31.1. The van der Waals surface area contributed by atoms with Gasteiger partial charge in [0.15, 0.2) is 0 Å². The molecular weight excluding hydrogens is 276 g/mol. The molecule has 0 radical (unpaired) electrons. The highest BCUT2D eigenvalue weighted by Gasteiger charge is 2.39. The number of rotatable bonds is 4. The van der Waals surface area contributed by atoms with Gasteiger partial charge in [-0.05, 0) is 24.8 Å². The topological polar surface area (TPSA) is 61.4 Å². The van der Waals surface area contributed by atoms with Crippen LogP contribution in [-0.2, 0) is 0 Å². The van der Waals surface area contributed by atoms with Crippen LogP contribution in [0.25, 0.3) is 0 Å². The summed E-state index contributed by atoms with van der Waals surface area (Å²) < 4.78 is 0. The highest BCUT2D eigenvalue weighted by Crippen LogP contribution is 2.40. The van der Waals surface area contributed by atoms with Crippen molar-refractivity contribution >= 4 is 6.03 Å². The van der Waals surface area contributed by atoms with Crippen LogP contribution in [0.3, 0.4) is 0 Å². The van der Waals surface area contributed by atoms with Crippen LogP contribution < -0.4 is 10.6 Å². The predicted octanol–water partition coefficient (Wildman–Crippen LogP) is 2.78. The maximum absolute atomic E-state index is 12.2. The zero-order valence-electron chi connectivity index (χ0n) is 13.0. The summed E-state index contributed by atoms with van der Waals surface area (Å²) in [5, 5.41) is 15.7. The monoisotopic (exact) mass is 302 g/mol. The molecule has 2 aliphatic carbocycles. The van der Waals surface area contributed by atoms with Gasteiger partial charge in [-0.2, -0.15) is 0 Å². The van der Waals surface area contributed by atoms with Crippen molar-refractivity contribution in [3.8, 4) is 0 Å². The van der Waals surface area contributed by atoms with E-state index in [1.54, 1.807) is 0 Å². The summed E-state index contributed by atoms with van der Waals surface area (Å²) in [6.07, 6.45) is 6.50. The van der Waals surface area contributed by atoms with Crippen molar-refractivity contribution in [2.75, 3.05) is 6.61 Å². The molecule has 2 fully saturated rings. The van der Waals surface area contributed by atoms with Crippen molar-refractivity contribution in [2.45, 2.75) is 56.5 Å². The van der Waals surface area contributed by atoms with Crippen molar-refractivity contribution in [3.05, 3.63) is 35.9 Å². The van der Waals surface area contributed by atoms with Crippen LogP contribution in [0, 0.1) is 5.92 Å². The van der Waals surface area contributed by atoms with Gasteiger partial charge < -0.3 is 15.7 Å². The molecule has 120 valence electrons. The van der Waals surface area contributed by atoms with Gasteiger partial charge >= 0.3 is 6.03 Å². The van der Waals surface area contributed by atoms with E-state index in [9.17, 15) is 9.90 Å². The Morgan fingerprint density at radius 3 is 2.55 bits per heavy atom. The molecule has 2 aliphatic rings. The van der Waals surface area contributed by atoms with E-state index in [1.165, 1.54) is 12.0 Å². The first-order chi connectivity index (χ1) is 10.8. The molecule has 0 saturated heterocycles. The molecule has 4 heteroatoms. The summed E-state index contributed by atoms with van der Waals surface area (Å²) in [5.74, 6) is 0.659. The second kappa shape index (κ2) is 7.14. The van der Waals surface area contributed by atoms with E-state index in [1.807, 2.05) is 18.2 Å². The van der Waals surface area contributed by atoms with E-state index in [4.69, 9.17) is 0 Å². The fraction of sp³-hybridized carbons (Fsp3) is 0.611. The fourth-order valence-electron chi connectivity index (χ4n) is 3.59. The predicted molar refractivity (Wildman–Crippen MR) is 86.7 cm³/mol. The lowest BCUT2D eigenvalue weighted by molar-refractivity contribution is 0.179. The second-order valence-corrected chi connectivity index (χ2v) is 6.66. The third kappa shape index (κ3) is 3.80. The van der Waals surface area contributed by atoms with Gasteiger partial charge in [0.05, 0.1) is 0 Å². The summed E-state index contributed by atoms with van der Waals surface area (Å²) in [7, 11) is 0. The third-order valence-corrected chi connectivity index (χ3v) is 5.04. The Morgan fingerprint density at radius 2 is 1.77 bits per heavy atom. The molecule has 0 aliphatic heterocycles. The molecule has 0 bridgehead atoms. The van der Waals surface area contributed by atoms with Crippen molar-refractivity contribution < 1.29 is 9.90 Å². The average Bonchev–Trinajstić information content (AvgIpc) is 3.32. The van der Waals surface area contributed by atoms with Crippen molar-refractivity contribution in [1.29, 1.82) is 0 Å². The zero-order chi connectivity index (χ0) is 15.4. The Labute approximate surface area is 132 Å². The standard InChI is InChI=1S/C18H26N2O2/c21-12-14-9-5-2-6-10-16(14)19-18(22)20-17-11-15(17)13-7-3-1-4-8-13/h1,3-4,7-8,14-17,21H,2,5-6,9-12H2,(H2,19,20,22). The van der Waals surface area contributed by atoms with Gasteiger partial charge in [0.1, 0.15) is 0 Å².